The van der Waals surface area contributed by atoms with E-state index in [4.69, 9.17) is 26.3 Å². The molecule has 6 nitrogen and oxygen atoms in total. The minimum Gasteiger partial charge on any atom is -0.497 e. The van der Waals surface area contributed by atoms with Gasteiger partial charge in [-0.15, -0.1) is 0 Å². The summed E-state index contributed by atoms with van der Waals surface area (Å²) < 4.78 is 7.27. The second-order valence-electron chi connectivity index (χ2n) is 7.75. The summed E-state index contributed by atoms with van der Waals surface area (Å²) in [6, 6.07) is 15.6. The molecule has 0 spiro atoms. The summed E-state index contributed by atoms with van der Waals surface area (Å²) in [4.78, 5) is 18.3. The van der Waals surface area contributed by atoms with Gasteiger partial charge >= 0.3 is 0 Å². The van der Waals surface area contributed by atoms with E-state index in [1.165, 1.54) is 5.06 Å². The minimum absolute atomic E-state index is 0.0234. The number of fused-ring (bicyclic) bond motifs is 3. The molecule has 1 aliphatic heterocycles. The Morgan fingerprint density at radius 1 is 1.13 bits per heavy atom. The molecule has 0 bridgehead atoms. The van der Waals surface area contributed by atoms with E-state index >= 15 is 0 Å². The number of hydrogen-bond acceptors (Lipinski definition) is 4. The monoisotopic (exact) mass is 423 g/mol. The van der Waals surface area contributed by atoms with Gasteiger partial charge in [0, 0.05) is 35.5 Å². The van der Waals surface area contributed by atoms with Gasteiger partial charge in [-0.1, -0.05) is 23.7 Å². The van der Waals surface area contributed by atoms with Crippen LogP contribution in [0.15, 0.2) is 48.5 Å². The number of carbonyl (C=O) groups excluding carboxylic acids is 1. The molecular weight excluding hydrogens is 402 g/mol. The summed E-state index contributed by atoms with van der Waals surface area (Å²) in [5.74, 6) is 0.968. The Morgan fingerprint density at radius 3 is 2.57 bits per heavy atom. The molecule has 2 heterocycles. The van der Waals surface area contributed by atoms with E-state index in [1.54, 1.807) is 14.2 Å². The summed E-state index contributed by atoms with van der Waals surface area (Å²) in [6.45, 7) is 0. The molecular formula is C23H22ClN3O3. The Kier molecular flexibility index (Phi) is 4.76. The Hall–Kier alpha value is -2.83. The van der Waals surface area contributed by atoms with Crippen molar-refractivity contribution in [2.24, 2.45) is 5.92 Å². The minimum atomic E-state index is -0.200. The van der Waals surface area contributed by atoms with E-state index < -0.39 is 0 Å². The van der Waals surface area contributed by atoms with Crippen LogP contribution in [-0.4, -0.2) is 34.9 Å². The normalized spacial score (nSPS) is 20.6. The number of ether oxygens (including phenoxy) is 1. The van der Waals surface area contributed by atoms with Crippen LogP contribution in [0.25, 0.3) is 16.9 Å². The van der Waals surface area contributed by atoms with E-state index in [0.717, 1.165) is 46.8 Å². The average Bonchev–Trinajstić information content (AvgIpc) is 3.15. The molecule has 1 fully saturated rings. The van der Waals surface area contributed by atoms with Gasteiger partial charge in [-0.25, -0.2) is 9.75 Å². The maximum atomic E-state index is 12.2. The summed E-state index contributed by atoms with van der Waals surface area (Å²) >= 11 is 6.15. The number of nitrogens with zero attached hydrogens (tertiary/aromatic N) is 3. The second kappa shape index (κ2) is 7.45. The highest BCUT2D eigenvalue weighted by atomic mass is 35.5. The Labute approximate surface area is 179 Å². The van der Waals surface area contributed by atoms with E-state index in [9.17, 15) is 4.79 Å². The molecule has 2 atom stereocenters. The fraction of sp³-hybridized carbons (Fsp3) is 0.304. The van der Waals surface area contributed by atoms with Gasteiger partial charge in [-0.3, -0.25) is 9.63 Å². The number of rotatable bonds is 3. The number of carbonyl (C=O) groups is 1. The fourth-order valence-corrected chi connectivity index (χ4v) is 4.52. The lowest BCUT2D eigenvalue weighted by molar-refractivity contribution is -0.229. The fourth-order valence-electron chi connectivity index (χ4n) is 4.39. The largest absolute Gasteiger partial charge is 0.497 e. The van der Waals surface area contributed by atoms with Crippen molar-refractivity contribution in [1.82, 2.24) is 14.8 Å². The van der Waals surface area contributed by atoms with E-state index in [0.29, 0.717) is 11.4 Å². The zero-order valence-corrected chi connectivity index (χ0v) is 17.6. The van der Waals surface area contributed by atoms with Gasteiger partial charge in [-0.2, -0.15) is 5.10 Å². The van der Waals surface area contributed by atoms with Crippen molar-refractivity contribution < 1.29 is 14.4 Å². The number of hydroxylamine groups is 2. The topological polar surface area (TPSA) is 56.6 Å². The molecule has 0 saturated carbocycles. The lowest BCUT2D eigenvalue weighted by atomic mass is 9.80. The first-order valence-electron chi connectivity index (χ1n) is 10.0. The van der Waals surface area contributed by atoms with Crippen LogP contribution < -0.4 is 4.74 Å². The van der Waals surface area contributed by atoms with Crippen molar-refractivity contribution >= 4 is 17.5 Å². The predicted octanol–water partition coefficient (Wildman–Crippen LogP) is 4.60. The molecule has 30 heavy (non-hydrogen) atoms. The number of benzene rings is 2. The van der Waals surface area contributed by atoms with E-state index in [1.807, 2.05) is 53.2 Å². The zero-order valence-electron chi connectivity index (χ0n) is 16.8. The standard InChI is InChI=1S/C23H22ClN3O3/c1-26-20(28)13-15-5-12-19-21(23(15)30-26)22(14-3-6-16(24)7-4-14)27(25-19)17-8-10-18(29-2)11-9-17/h3-4,6-11,15,23H,5,12-13H2,1-2H3/t15-,23+/m0/s1. The predicted molar refractivity (Wildman–Crippen MR) is 114 cm³/mol. The van der Waals surface area contributed by atoms with E-state index in [-0.39, 0.29) is 17.9 Å². The maximum Gasteiger partial charge on any atom is 0.246 e. The molecule has 5 rings (SSSR count). The Balaban J connectivity index is 1.70. The number of amides is 1. The Bertz CT molecular complexity index is 1090. The van der Waals surface area contributed by atoms with Gasteiger partial charge < -0.3 is 4.74 Å². The number of methoxy groups -OCH3 is 1. The highest BCUT2D eigenvalue weighted by Crippen LogP contribution is 2.46. The summed E-state index contributed by atoms with van der Waals surface area (Å²) in [5, 5.41) is 7.02. The van der Waals surface area contributed by atoms with Gasteiger partial charge in [0.05, 0.1) is 24.2 Å². The van der Waals surface area contributed by atoms with Gasteiger partial charge in [0.25, 0.3) is 0 Å². The van der Waals surface area contributed by atoms with Gasteiger partial charge in [0.2, 0.25) is 5.91 Å². The van der Waals surface area contributed by atoms with Crippen LogP contribution in [0.1, 0.15) is 30.2 Å². The highest BCUT2D eigenvalue weighted by molar-refractivity contribution is 6.30. The number of hydrogen-bond donors (Lipinski definition) is 0. The lowest BCUT2D eigenvalue weighted by Crippen LogP contribution is -2.40. The van der Waals surface area contributed by atoms with Gasteiger partial charge in [0.1, 0.15) is 11.9 Å². The van der Waals surface area contributed by atoms with Crippen LogP contribution in [0.4, 0.5) is 0 Å². The molecule has 3 aromatic rings. The average molecular weight is 424 g/mol. The zero-order chi connectivity index (χ0) is 20.8. The molecule has 2 aromatic carbocycles. The van der Waals surface area contributed by atoms with E-state index in [2.05, 4.69) is 0 Å². The lowest BCUT2D eigenvalue weighted by Gasteiger charge is -2.38. The van der Waals surface area contributed by atoms with Crippen LogP contribution in [0.3, 0.4) is 0 Å². The van der Waals surface area contributed by atoms with Crippen LogP contribution >= 0.6 is 11.6 Å². The van der Waals surface area contributed by atoms with Crippen LogP contribution in [0.5, 0.6) is 5.75 Å². The molecule has 0 unspecified atom stereocenters. The third-order valence-corrected chi connectivity index (χ3v) is 6.21. The van der Waals surface area contributed by atoms with Crippen molar-refractivity contribution in [3.8, 4) is 22.7 Å². The second-order valence-corrected chi connectivity index (χ2v) is 8.18. The summed E-state index contributed by atoms with van der Waals surface area (Å²) in [7, 11) is 3.34. The molecule has 0 N–H and O–H groups in total. The molecule has 2 aliphatic rings. The maximum absolute atomic E-state index is 12.2. The molecule has 7 heteroatoms. The molecule has 0 radical (unpaired) electrons. The van der Waals surface area contributed by atoms with Crippen molar-refractivity contribution in [2.75, 3.05) is 14.2 Å². The van der Waals surface area contributed by atoms with Crippen LogP contribution in [0, 0.1) is 5.92 Å². The molecule has 1 saturated heterocycles. The summed E-state index contributed by atoms with van der Waals surface area (Å²) in [6.07, 6.45) is 2.00. The summed E-state index contributed by atoms with van der Waals surface area (Å²) in [5.41, 5.74) is 4.99. The van der Waals surface area contributed by atoms with Crippen molar-refractivity contribution in [3.63, 3.8) is 0 Å². The third-order valence-electron chi connectivity index (χ3n) is 5.96. The van der Waals surface area contributed by atoms with Crippen molar-refractivity contribution in [2.45, 2.75) is 25.4 Å². The quantitative estimate of drug-likeness (QED) is 0.617. The molecule has 1 aliphatic carbocycles. The number of aryl methyl sites for hydroxylation is 1. The first-order chi connectivity index (χ1) is 14.5. The van der Waals surface area contributed by atoms with Gasteiger partial charge in [-0.05, 0) is 49.2 Å². The highest BCUT2D eigenvalue weighted by Gasteiger charge is 2.42. The van der Waals surface area contributed by atoms with Gasteiger partial charge in [0.15, 0.2) is 0 Å². The molecule has 1 aromatic heterocycles. The smallest absolute Gasteiger partial charge is 0.246 e. The SMILES string of the molecule is COc1ccc(-n2nc3c(c2-c2ccc(Cl)cc2)[C@@H]2ON(C)C(=O)C[C@@H]2CC3)cc1. The third kappa shape index (κ3) is 3.16. The molecule has 1 amide bonds. The van der Waals surface area contributed by atoms with Crippen molar-refractivity contribution in [3.05, 3.63) is 64.8 Å². The van der Waals surface area contributed by atoms with Crippen LogP contribution in [0.2, 0.25) is 5.02 Å². The first-order valence-corrected chi connectivity index (χ1v) is 10.4. The first kappa shape index (κ1) is 19.2. The number of aromatic nitrogens is 2. The Morgan fingerprint density at radius 2 is 1.87 bits per heavy atom. The molecule has 154 valence electrons. The van der Waals surface area contributed by atoms with Crippen molar-refractivity contribution in [1.29, 1.82) is 0 Å². The van der Waals surface area contributed by atoms with Crippen LogP contribution in [-0.2, 0) is 16.1 Å². The number of halogens is 1.